The highest BCUT2D eigenvalue weighted by Crippen LogP contribution is 2.36. The summed E-state index contributed by atoms with van der Waals surface area (Å²) in [7, 11) is 1.41. The van der Waals surface area contributed by atoms with Crippen LogP contribution in [0.4, 0.5) is 24.5 Å². The molecule has 0 bridgehead atoms. The molecule has 1 saturated heterocycles. The molecule has 11 heteroatoms. The number of aromatic nitrogens is 2. The molecule has 2 amide bonds. The molecule has 0 atom stereocenters. The van der Waals surface area contributed by atoms with Crippen molar-refractivity contribution in [2.24, 2.45) is 0 Å². The maximum absolute atomic E-state index is 13.9. The van der Waals surface area contributed by atoms with Gasteiger partial charge in [0.15, 0.2) is 5.69 Å². The number of carbonyl (C=O) groups excluding carboxylic acids is 2. The molecule has 2 aromatic carbocycles. The van der Waals surface area contributed by atoms with Gasteiger partial charge in [-0.15, -0.1) is 0 Å². The van der Waals surface area contributed by atoms with Gasteiger partial charge in [0.25, 0.3) is 5.91 Å². The van der Waals surface area contributed by atoms with Crippen molar-refractivity contribution < 1.29 is 27.5 Å². The van der Waals surface area contributed by atoms with Gasteiger partial charge in [-0.3, -0.25) is 9.59 Å². The van der Waals surface area contributed by atoms with E-state index in [9.17, 15) is 22.8 Å². The summed E-state index contributed by atoms with van der Waals surface area (Å²) in [6.45, 7) is 0.541. The molecule has 2 heterocycles. The fourth-order valence-corrected chi connectivity index (χ4v) is 3.77. The van der Waals surface area contributed by atoms with Gasteiger partial charge in [0, 0.05) is 29.7 Å². The van der Waals surface area contributed by atoms with Crippen LogP contribution in [0.2, 0.25) is 5.02 Å². The summed E-state index contributed by atoms with van der Waals surface area (Å²) in [5.74, 6) is -0.722. The Morgan fingerprint density at radius 1 is 1.18 bits per heavy atom. The zero-order chi connectivity index (χ0) is 23.8. The zero-order valence-electron chi connectivity index (χ0n) is 17.3. The van der Waals surface area contributed by atoms with Crippen molar-refractivity contribution in [3.63, 3.8) is 0 Å². The van der Waals surface area contributed by atoms with Gasteiger partial charge in [-0.2, -0.15) is 18.3 Å². The second-order valence-corrected chi connectivity index (χ2v) is 7.72. The van der Waals surface area contributed by atoms with Crippen LogP contribution in [0.3, 0.4) is 0 Å². The number of ether oxygens (including phenoxy) is 1. The Balaban J connectivity index is 1.65. The van der Waals surface area contributed by atoms with Gasteiger partial charge < -0.3 is 15.0 Å². The van der Waals surface area contributed by atoms with Crippen molar-refractivity contribution >= 4 is 34.8 Å². The van der Waals surface area contributed by atoms with Gasteiger partial charge in [0.2, 0.25) is 5.91 Å². The highest BCUT2D eigenvalue weighted by Gasteiger charge is 2.40. The number of hydrogen-bond donors (Lipinski definition) is 1. The van der Waals surface area contributed by atoms with E-state index in [1.54, 1.807) is 11.0 Å². The summed E-state index contributed by atoms with van der Waals surface area (Å²) in [5, 5.41) is 6.58. The number of alkyl halides is 3. The number of hydrogen-bond acceptors (Lipinski definition) is 4. The summed E-state index contributed by atoms with van der Waals surface area (Å²) in [6, 6.07) is 10.1. The standard InChI is InChI=1S/C22H18ClF3N4O3/c1-33-18-11-14(6-9-17(18)29-10-2-3-19(29)31)28-21(32)16-12-27-30(20(16)22(24,25)26)15-7-4-13(23)5-8-15/h4-9,11-12H,2-3,10H2,1H3,(H,28,32). The minimum atomic E-state index is -4.85. The number of anilines is 2. The normalized spacial score (nSPS) is 14.0. The van der Waals surface area contributed by atoms with E-state index < -0.39 is 23.3 Å². The van der Waals surface area contributed by atoms with Crippen LogP contribution in [0, 0.1) is 0 Å². The number of amides is 2. The number of nitrogens with zero attached hydrogens (tertiary/aromatic N) is 3. The van der Waals surface area contributed by atoms with Crippen LogP contribution in [0.15, 0.2) is 48.7 Å². The van der Waals surface area contributed by atoms with Crippen LogP contribution >= 0.6 is 11.6 Å². The Labute approximate surface area is 191 Å². The van der Waals surface area contributed by atoms with Crippen LogP contribution in [0.5, 0.6) is 5.75 Å². The van der Waals surface area contributed by atoms with Crippen molar-refractivity contribution in [2.45, 2.75) is 19.0 Å². The molecule has 1 aliphatic heterocycles. The first-order chi connectivity index (χ1) is 15.7. The molecule has 7 nitrogen and oxygen atoms in total. The molecule has 0 aliphatic carbocycles. The first-order valence-corrected chi connectivity index (χ1v) is 10.3. The third kappa shape index (κ3) is 4.51. The Kier molecular flexibility index (Phi) is 6.03. The van der Waals surface area contributed by atoms with Gasteiger partial charge in [0.05, 0.1) is 30.2 Å². The van der Waals surface area contributed by atoms with E-state index in [-0.39, 0.29) is 17.3 Å². The number of benzene rings is 2. The summed E-state index contributed by atoms with van der Waals surface area (Å²) < 4.78 is 47.6. The van der Waals surface area contributed by atoms with E-state index in [4.69, 9.17) is 16.3 Å². The van der Waals surface area contributed by atoms with Crippen molar-refractivity contribution in [2.75, 3.05) is 23.9 Å². The number of carbonyl (C=O) groups is 2. The number of nitrogens with one attached hydrogen (secondary N) is 1. The van der Waals surface area contributed by atoms with Crippen molar-refractivity contribution in [1.29, 1.82) is 0 Å². The topological polar surface area (TPSA) is 76.5 Å². The largest absolute Gasteiger partial charge is 0.494 e. The van der Waals surface area contributed by atoms with E-state index >= 15 is 0 Å². The highest BCUT2D eigenvalue weighted by atomic mass is 35.5. The molecule has 0 unspecified atom stereocenters. The van der Waals surface area contributed by atoms with E-state index in [0.717, 1.165) is 12.6 Å². The highest BCUT2D eigenvalue weighted by molar-refractivity contribution is 6.30. The van der Waals surface area contributed by atoms with Crippen molar-refractivity contribution in [3.8, 4) is 11.4 Å². The molecule has 0 spiro atoms. The lowest BCUT2D eigenvalue weighted by molar-refractivity contribution is -0.143. The van der Waals surface area contributed by atoms with Gasteiger partial charge in [-0.25, -0.2) is 4.68 Å². The quantitative estimate of drug-likeness (QED) is 0.564. The first kappa shape index (κ1) is 22.7. The molecule has 33 heavy (non-hydrogen) atoms. The average molecular weight is 479 g/mol. The Morgan fingerprint density at radius 3 is 2.52 bits per heavy atom. The van der Waals surface area contributed by atoms with Crippen LogP contribution < -0.4 is 15.0 Å². The lowest BCUT2D eigenvalue weighted by Crippen LogP contribution is -2.24. The molecule has 0 radical (unpaired) electrons. The summed E-state index contributed by atoms with van der Waals surface area (Å²) in [5.41, 5.74) is -1.01. The lowest BCUT2D eigenvalue weighted by atomic mass is 10.2. The second kappa shape index (κ2) is 8.78. The van der Waals surface area contributed by atoms with Crippen LogP contribution in [0.25, 0.3) is 5.69 Å². The second-order valence-electron chi connectivity index (χ2n) is 7.28. The summed E-state index contributed by atoms with van der Waals surface area (Å²) in [6.07, 6.45) is -2.83. The predicted molar refractivity (Wildman–Crippen MR) is 116 cm³/mol. The monoisotopic (exact) mass is 478 g/mol. The van der Waals surface area contributed by atoms with E-state index in [2.05, 4.69) is 10.4 Å². The molecule has 1 fully saturated rings. The summed E-state index contributed by atoms with van der Waals surface area (Å²) >= 11 is 5.81. The van der Waals surface area contributed by atoms with Crippen LogP contribution in [-0.2, 0) is 11.0 Å². The van der Waals surface area contributed by atoms with Crippen LogP contribution in [0.1, 0.15) is 28.9 Å². The van der Waals surface area contributed by atoms with Crippen molar-refractivity contribution in [1.82, 2.24) is 9.78 Å². The zero-order valence-corrected chi connectivity index (χ0v) is 18.1. The van der Waals surface area contributed by atoms with Crippen LogP contribution in [-0.4, -0.2) is 35.2 Å². The molecule has 172 valence electrons. The molecular formula is C22H18ClF3N4O3. The third-order valence-electron chi connectivity index (χ3n) is 5.16. The van der Waals surface area contributed by atoms with E-state index in [0.29, 0.717) is 34.1 Å². The fourth-order valence-electron chi connectivity index (χ4n) is 3.65. The van der Waals surface area contributed by atoms with Crippen molar-refractivity contribution in [3.05, 3.63) is 64.9 Å². The lowest BCUT2D eigenvalue weighted by Gasteiger charge is -2.19. The maximum atomic E-state index is 13.9. The molecule has 3 aromatic rings. The van der Waals surface area contributed by atoms with Gasteiger partial charge >= 0.3 is 6.18 Å². The average Bonchev–Trinajstić information content (AvgIpc) is 3.41. The third-order valence-corrected chi connectivity index (χ3v) is 5.41. The number of methoxy groups -OCH3 is 1. The molecular weight excluding hydrogens is 461 g/mol. The minimum Gasteiger partial charge on any atom is -0.494 e. The van der Waals surface area contributed by atoms with Gasteiger partial charge in [-0.05, 0) is 42.8 Å². The van der Waals surface area contributed by atoms with Gasteiger partial charge in [-0.1, -0.05) is 11.6 Å². The fraction of sp³-hybridized carbons (Fsp3) is 0.227. The smallest absolute Gasteiger partial charge is 0.434 e. The predicted octanol–water partition coefficient (Wildman–Crippen LogP) is 4.93. The molecule has 0 saturated carbocycles. The molecule has 1 N–H and O–H groups in total. The van der Waals surface area contributed by atoms with E-state index in [1.165, 1.54) is 43.5 Å². The van der Waals surface area contributed by atoms with Gasteiger partial charge in [0.1, 0.15) is 5.75 Å². The Bertz CT molecular complexity index is 1210. The molecule has 1 aliphatic rings. The maximum Gasteiger partial charge on any atom is 0.434 e. The SMILES string of the molecule is COc1cc(NC(=O)c2cnn(-c3ccc(Cl)cc3)c2C(F)(F)F)ccc1N1CCCC1=O. The number of halogens is 4. The Morgan fingerprint density at radius 2 is 1.91 bits per heavy atom. The molecule has 1 aromatic heterocycles. The number of rotatable bonds is 5. The van der Waals surface area contributed by atoms with E-state index in [1.807, 2.05) is 0 Å². The minimum absolute atomic E-state index is 0.0467. The summed E-state index contributed by atoms with van der Waals surface area (Å²) in [4.78, 5) is 26.4. The molecule has 4 rings (SSSR count). The first-order valence-electron chi connectivity index (χ1n) is 9.90. The Hall–Kier alpha value is -3.53.